The first-order chi connectivity index (χ1) is 7.15. The molecule has 0 saturated heterocycles. The van der Waals surface area contributed by atoms with Crippen LogP contribution in [0.15, 0.2) is 11.4 Å². The Kier molecular flexibility index (Phi) is 2.91. The highest BCUT2D eigenvalue weighted by Crippen LogP contribution is 2.58. The highest BCUT2D eigenvalue weighted by molar-refractivity contribution is 7.10. The number of thiophene rings is 1. The van der Waals surface area contributed by atoms with Crippen LogP contribution in [-0.4, -0.2) is 11.2 Å². The van der Waals surface area contributed by atoms with E-state index in [2.05, 4.69) is 32.2 Å². The van der Waals surface area contributed by atoms with Crippen LogP contribution in [0.1, 0.15) is 49.5 Å². The fraction of sp³-hybridized carbons (Fsp3) is 0.692. The fourth-order valence-electron chi connectivity index (χ4n) is 3.09. The second-order valence-corrected chi connectivity index (χ2v) is 5.66. The molecule has 0 aliphatic heterocycles. The van der Waals surface area contributed by atoms with Gasteiger partial charge in [0.1, 0.15) is 0 Å². The molecular formula is C13H20OS. The van der Waals surface area contributed by atoms with Gasteiger partial charge in [-0.15, -0.1) is 11.3 Å². The Hall–Kier alpha value is -0.340. The minimum absolute atomic E-state index is 0.0843. The van der Waals surface area contributed by atoms with Crippen LogP contribution in [0.25, 0.3) is 0 Å². The highest BCUT2D eigenvalue weighted by Gasteiger charge is 2.52. The first-order valence-corrected chi connectivity index (χ1v) is 6.75. The van der Waals surface area contributed by atoms with Crippen LogP contribution in [0.5, 0.6) is 0 Å². The average molecular weight is 224 g/mol. The standard InChI is InChI=1S/C13H20OS/c1-4-13(5-2)10(8-11(13)14)12-9(3)6-7-15-12/h6-7,10-11,14H,4-5,8H2,1-3H3. The zero-order valence-electron chi connectivity index (χ0n) is 9.79. The van der Waals surface area contributed by atoms with Crippen LogP contribution in [0.4, 0.5) is 0 Å². The van der Waals surface area contributed by atoms with Crippen molar-refractivity contribution in [1.82, 2.24) is 0 Å². The normalized spacial score (nSPS) is 28.8. The van der Waals surface area contributed by atoms with Gasteiger partial charge in [0.15, 0.2) is 0 Å². The summed E-state index contributed by atoms with van der Waals surface area (Å²) in [5.74, 6) is 0.600. The molecular weight excluding hydrogens is 204 g/mol. The number of hydrogen-bond acceptors (Lipinski definition) is 2. The molecule has 1 nitrogen and oxygen atoms in total. The number of aliphatic hydroxyl groups excluding tert-OH is 1. The molecule has 1 aliphatic carbocycles. The molecule has 1 aliphatic rings. The smallest absolute Gasteiger partial charge is 0.0608 e. The van der Waals surface area contributed by atoms with Gasteiger partial charge in [-0.05, 0) is 43.2 Å². The van der Waals surface area contributed by atoms with Gasteiger partial charge in [-0.3, -0.25) is 0 Å². The Balaban J connectivity index is 2.29. The molecule has 0 spiro atoms. The molecule has 2 rings (SSSR count). The van der Waals surface area contributed by atoms with Crippen molar-refractivity contribution in [1.29, 1.82) is 0 Å². The summed E-state index contributed by atoms with van der Waals surface area (Å²) in [4.78, 5) is 1.50. The Morgan fingerprint density at radius 2 is 2.13 bits per heavy atom. The predicted octanol–water partition coefficient (Wildman–Crippen LogP) is 3.71. The van der Waals surface area contributed by atoms with Crippen LogP contribution < -0.4 is 0 Å². The summed E-state index contributed by atoms with van der Waals surface area (Å²) in [5, 5.41) is 12.2. The molecule has 1 fully saturated rings. The number of rotatable bonds is 3. The van der Waals surface area contributed by atoms with E-state index in [4.69, 9.17) is 0 Å². The van der Waals surface area contributed by atoms with E-state index in [1.165, 1.54) is 10.4 Å². The van der Waals surface area contributed by atoms with Crippen molar-refractivity contribution in [3.8, 4) is 0 Å². The molecule has 0 radical (unpaired) electrons. The third kappa shape index (κ3) is 1.46. The quantitative estimate of drug-likeness (QED) is 0.830. The van der Waals surface area contributed by atoms with E-state index in [9.17, 15) is 5.11 Å². The van der Waals surface area contributed by atoms with Crippen LogP contribution >= 0.6 is 11.3 Å². The molecule has 2 unspecified atom stereocenters. The van der Waals surface area contributed by atoms with Gasteiger partial charge in [0.25, 0.3) is 0 Å². The third-order valence-corrected chi connectivity index (χ3v) is 5.48. The maximum absolute atomic E-state index is 10.0. The van der Waals surface area contributed by atoms with Gasteiger partial charge in [0.2, 0.25) is 0 Å². The lowest BCUT2D eigenvalue weighted by Crippen LogP contribution is -2.50. The van der Waals surface area contributed by atoms with Crippen molar-refractivity contribution in [3.63, 3.8) is 0 Å². The van der Waals surface area contributed by atoms with Crippen LogP contribution in [0, 0.1) is 12.3 Å². The predicted molar refractivity (Wildman–Crippen MR) is 65.4 cm³/mol. The van der Waals surface area contributed by atoms with Crippen molar-refractivity contribution in [2.45, 2.75) is 52.1 Å². The minimum Gasteiger partial charge on any atom is -0.393 e. The van der Waals surface area contributed by atoms with Gasteiger partial charge < -0.3 is 5.11 Å². The molecule has 84 valence electrons. The molecule has 0 bridgehead atoms. The Morgan fingerprint density at radius 1 is 1.47 bits per heavy atom. The van der Waals surface area contributed by atoms with E-state index in [0.29, 0.717) is 5.92 Å². The average Bonchev–Trinajstić information content (AvgIpc) is 2.63. The number of aryl methyl sites for hydroxylation is 1. The minimum atomic E-state index is -0.0843. The molecule has 0 amide bonds. The van der Waals surface area contributed by atoms with Crippen LogP contribution in [0.2, 0.25) is 0 Å². The first-order valence-electron chi connectivity index (χ1n) is 5.87. The molecule has 2 atom stereocenters. The lowest BCUT2D eigenvalue weighted by molar-refractivity contribution is -0.0922. The van der Waals surface area contributed by atoms with E-state index in [1.54, 1.807) is 0 Å². The monoisotopic (exact) mass is 224 g/mol. The van der Waals surface area contributed by atoms with Crippen LogP contribution in [0.3, 0.4) is 0 Å². The molecule has 2 heteroatoms. The largest absolute Gasteiger partial charge is 0.393 e. The van der Waals surface area contributed by atoms with Crippen molar-refractivity contribution in [2.75, 3.05) is 0 Å². The molecule has 1 heterocycles. The maximum atomic E-state index is 10.0. The Labute approximate surface area is 96.1 Å². The molecule has 15 heavy (non-hydrogen) atoms. The summed E-state index contributed by atoms with van der Waals surface area (Å²) in [7, 11) is 0. The summed E-state index contributed by atoms with van der Waals surface area (Å²) >= 11 is 1.86. The SMILES string of the molecule is CCC1(CC)C(O)CC1c1sccc1C. The van der Waals surface area contributed by atoms with Gasteiger partial charge in [0.05, 0.1) is 6.10 Å². The maximum Gasteiger partial charge on any atom is 0.0608 e. The second-order valence-electron chi connectivity index (χ2n) is 4.71. The van der Waals surface area contributed by atoms with Crippen molar-refractivity contribution in [3.05, 3.63) is 21.9 Å². The first kappa shape index (κ1) is 11.2. The fourth-order valence-corrected chi connectivity index (χ4v) is 4.26. The van der Waals surface area contributed by atoms with Gasteiger partial charge in [-0.1, -0.05) is 13.8 Å². The van der Waals surface area contributed by atoms with Gasteiger partial charge >= 0.3 is 0 Å². The van der Waals surface area contributed by atoms with E-state index in [1.807, 2.05) is 11.3 Å². The molecule has 1 aromatic rings. The third-order valence-electron chi connectivity index (χ3n) is 4.35. The zero-order valence-corrected chi connectivity index (χ0v) is 10.6. The van der Waals surface area contributed by atoms with Crippen molar-refractivity contribution >= 4 is 11.3 Å². The summed E-state index contributed by atoms with van der Waals surface area (Å²) in [6.07, 6.45) is 3.06. The molecule has 1 N–H and O–H groups in total. The van der Waals surface area contributed by atoms with E-state index < -0.39 is 0 Å². The number of hydrogen-bond donors (Lipinski definition) is 1. The van der Waals surface area contributed by atoms with E-state index in [0.717, 1.165) is 19.3 Å². The molecule has 1 aromatic heterocycles. The Bertz CT molecular complexity index is 338. The lowest BCUT2D eigenvalue weighted by Gasteiger charge is -2.53. The Morgan fingerprint density at radius 3 is 2.53 bits per heavy atom. The van der Waals surface area contributed by atoms with Gasteiger partial charge in [-0.25, -0.2) is 0 Å². The highest BCUT2D eigenvalue weighted by atomic mass is 32.1. The van der Waals surface area contributed by atoms with Gasteiger partial charge in [-0.2, -0.15) is 0 Å². The molecule has 1 saturated carbocycles. The van der Waals surface area contributed by atoms with E-state index in [-0.39, 0.29) is 11.5 Å². The molecule has 0 aromatic carbocycles. The topological polar surface area (TPSA) is 20.2 Å². The van der Waals surface area contributed by atoms with Crippen molar-refractivity contribution < 1.29 is 5.11 Å². The van der Waals surface area contributed by atoms with Crippen molar-refractivity contribution in [2.24, 2.45) is 5.41 Å². The van der Waals surface area contributed by atoms with Gasteiger partial charge in [0, 0.05) is 16.2 Å². The second kappa shape index (κ2) is 3.91. The lowest BCUT2D eigenvalue weighted by atomic mass is 9.54. The van der Waals surface area contributed by atoms with E-state index >= 15 is 0 Å². The summed E-state index contributed by atoms with van der Waals surface area (Å²) in [6, 6.07) is 2.20. The van der Waals surface area contributed by atoms with Crippen LogP contribution in [-0.2, 0) is 0 Å². The summed E-state index contributed by atoms with van der Waals surface area (Å²) in [5.41, 5.74) is 1.57. The zero-order chi connectivity index (χ0) is 11.1. The number of aliphatic hydroxyl groups is 1. The summed E-state index contributed by atoms with van der Waals surface area (Å²) < 4.78 is 0. The summed E-state index contributed by atoms with van der Waals surface area (Å²) in [6.45, 7) is 6.61.